The molecule has 0 aromatic carbocycles. The zero-order valence-electron chi connectivity index (χ0n) is 3.59. The molecule has 0 aromatic heterocycles. The van der Waals surface area contributed by atoms with Crippen LogP contribution in [0, 0.1) is 0 Å². The van der Waals surface area contributed by atoms with E-state index in [4.69, 9.17) is 5.73 Å². The molecule has 1 unspecified atom stereocenters. The summed E-state index contributed by atoms with van der Waals surface area (Å²) in [5.41, 5.74) is 5.33. The van der Waals surface area contributed by atoms with E-state index in [9.17, 15) is 0 Å². The SMILES string of the molecule is C=CN1CC1N. The maximum absolute atomic E-state index is 5.33. The smallest absolute Gasteiger partial charge is 0.0945 e. The summed E-state index contributed by atoms with van der Waals surface area (Å²) in [7, 11) is 0. The Morgan fingerprint density at radius 3 is 2.50 bits per heavy atom. The molecule has 0 saturated carbocycles. The van der Waals surface area contributed by atoms with Crippen LogP contribution in [0.4, 0.5) is 0 Å². The van der Waals surface area contributed by atoms with Crippen molar-refractivity contribution in [1.82, 2.24) is 4.90 Å². The summed E-state index contributed by atoms with van der Waals surface area (Å²) >= 11 is 0. The van der Waals surface area contributed by atoms with Crippen molar-refractivity contribution in [1.29, 1.82) is 0 Å². The van der Waals surface area contributed by atoms with Crippen molar-refractivity contribution in [2.75, 3.05) is 6.54 Å². The van der Waals surface area contributed by atoms with E-state index in [0.29, 0.717) is 0 Å². The van der Waals surface area contributed by atoms with Gasteiger partial charge in [-0.15, -0.1) is 0 Å². The zero-order valence-corrected chi connectivity index (χ0v) is 3.59. The Hall–Kier alpha value is -0.500. The highest BCUT2D eigenvalue weighted by Crippen LogP contribution is 2.08. The predicted octanol–water partition coefficient (Wildman–Crippen LogP) is -0.270. The van der Waals surface area contributed by atoms with Crippen LogP contribution in [0.3, 0.4) is 0 Å². The van der Waals surface area contributed by atoms with Crippen LogP contribution in [0.5, 0.6) is 0 Å². The van der Waals surface area contributed by atoms with Crippen molar-refractivity contribution >= 4 is 0 Å². The number of nitrogens with zero attached hydrogens (tertiary/aromatic N) is 1. The van der Waals surface area contributed by atoms with Gasteiger partial charge in [0.1, 0.15) is 0 Å². The van der Waals surface area contributed by atoms with Crippen LogP contribution in [0.25, 0.3) is 0 Å². The number of hydrogen-bond donors (Lipinski definition) is 1. The molecule has 2 heteroatoms. The van der Waals surface area contributed by atoms with E-state index in [0.717, 1.165) is 6.54 Å². The maximum atomic E-state index is 5.33. The summed E-state index contributed by atoms with van der Waals surface area (Å²) in [6.45, 7) is 4.51. The second-order valence-electron chi connectivity index (χ2n) is 1.45. The van der Waals surface area contributed by atoms with Gasteiger partial charge in [-0.25, -0.2) is 0 Å². The molecule has 1 rings (SSSR count). The van der Waals surface area contributed by atoms with Gasteiger partial charge >= 0.3 is 0 Å². The third kappa shape index (κ3) is 0.389. The first-order valence-corrected chi connectivity index (χ1v) is 1.98. The van der Waals surface area contributed by atoms with Gasteiger partial charge in [0.25, 0.3) is 0 Å². The fourth-order valence-corrected chi connectivity index (χ4v) is 0.379. The van der Waals surface area contributed by atoms with Gasteiger partial charge in [-0.3, -0.25) is 0 Å². The fourth-order valence-electron chi connectivity index (χ4n) is 0.379. The summed E-state index contributed by atoms with van der Waals surface area (Å²) in [6, 6.07) is 0. The minimum Gasteiger partial charge on any atom is -0.358 e. The van der Waals surface area contributed by atoms with Gasteiger partial charge in [-0.05, 0) is 6.20 Å². The average Bonchev–Trinajstić information content (AvgIpc) is 2.19. The van der Waals surface area contributed by atoms with Crippen molar-refractivity contribution < 1.29 is 0 Å². The summed E-state index contributed by atoms with van der Waals surface area (Å²) in [6.07, 6.45) is 2.03. The van der Waals surface area contributed by atoms with Gasteiger partial charge in [-0.1, -0.05) is 6.58 Å². The Labute approximate surface area is 37.2 Å². The standard InChI is InChI=1S/C4H8N2/c1-2-6-3-4(6)5/h2,4H,1,3,5H2. The highest BCUT2D eigenvalue weighted by Gasteiger charge is 2.24. The molecule has 0 aromatic rings. The van der Waals surface area contributed by atoms with Gasteiger partial charge in [0.15, 0.2) is 0 Å². The highest BCUT2D eigenvalue weighted by molar-refractivity contribution is 4.90. The molecule has 34 valence electrons. The lowest BCUT2D eigenvalue weighted by atomic mass is 10.8. The normalized spacial score (nSPS) is 30.2. The van der Waals surface area contributed by atoms with E-state index >= 15 is 0 Å². The van der Waals surface area contributed by atoms with Gasteiger partial charge in [0, 0.05) is 0 Å². The molecule has 2 N–H and O–H groups in total. The number of nitrogens with two attached hydrogens (primary N) is 1. The van der Waals surface area contributed by atoms with Gasteiger partial charge < -0.3 is 10.6 Å². The minimum absolute atomic E-state index is 0.280. The Bertz CT molecular complexity index is 69.9. The van der Waals surface area contributed by atoms with Crippen molar-refractivity contribution in [2.24, 2.45) is 5.73 Å². The Morgan fingerprint density at radius 2 is 2.50 bits per heavy atom. The van der Waals surface area contributed by atoms with Crippen LogP contribution >= 0.6 is 0 Å². The van der Waals surface area contributed by atoms with Crippen LogP contribution in [-0.2, 0) is 0 Å². The zero-order chi connectivity index (χ0) is 4.57. The first kappa shape index (κ1) is 3.68. The van der Waals surface area contributed by atoms with E-state index in [2.05, 4.69) is 6.58 Å². The van der Waals surface area contributed by atoms with E-state index in [-0.39, 0.29) is 6.17 Å². The molecule has 0 radical (unpaired) electrons. The lowest BCUT2D eigenvalue weighted by molar-refractivity contribution is 0.689. The summed E-state index contributed by atoms with van der Waals surface area (Å²) < 4.78 is 0. The average molecular weight is 84.1 g/mol. The molecule has 1 aliphatic heterocycles. The second-order valence-corrected chi connectivity index (χ2v) is 1.45. The molecule has 6 heavy (non-hydrogen) atoms. The van der Waals surface area contributed by atoms with E-state index in [1.54, 1.807) is 6.20 Å². The second kappa shape index (κ2) is 0.980. The van der Waals surface area contributed by atoms with Gasteiger partial charge in [0.2, 0.25) is 0 Å². The molecular formula is C4H8N2. The van der Waals surface area contributed by atoms with Gasteiger partial charge in [0.05, 0.1) is 12.7 Å². The first-order chi connectivity index (χ1) is 2.84. The molecule has 1 aliphatic rings. The monoisotopic (exact) mass is 84.1 g/mol. The topological polar surface area (TPSA) is 29.0 Å². The molecule has 1 saturated heterocycles. The maximum Gasteiger partial charge on any atom is 0.0945 e. The van der Waals surface area contributed by atoms with Crippen LogP contribution in [0.2, 0.25) is 0 Å². The van der Waals surface area contributed by atoms with Crippen LogP contribution < -0.4 is 5.73 Å². The highest BCUT2D eigenvalue weighted by atomic mass is 15.4. The third-order valence-electron chi connectivity index (χ3n) is 0.925. The summed E-state index contributed by atoms with van der Waals surface area (Å²) in [5.74, 6) is 0. The molecule has 0 aliphatic carbocycles. The fraction of sp³-hybridized carbons (Fsp3) is 0.500. The Balaban J connectivity index is 2.25. The number of hydrogen-bond acceptors (Lipinski definition) is 2. The molecule has 0 bridgehead atoms. The molecule has 0 spiro atoms. The molecule has 1 atom stereocenters. The van der Waals surface area contributed by atoms with E-state index < -0.39 is 0 Å². The van der Waals surface area contributed by atoms with E-state index in [1.807, 2.05) is 4.90 Å². The lowest BCUT2D eigenvalue weighted by Gasteiger charge is -1.83. The largest absolute Gasteiger partial charge is 0.358 e. The molecular weight excluding hydrogens is 76.1 g/mol. The molecule has 1 heterocycles. The van der Waals surface area contributed by atoms with Crippen molar-refractivity contribution in [3.63, 3.8) is 0 Å². The van der Waals surface area contributed by atoms with E-state index in [1.165, 1.54) is 0 Å². The third-order valence-corrected chi connectivity index (χ3v) is 0.925. The van der Waals surface area contributed by atoms with Gasteiger partial charge in [-0.2, -0.15) is 0 Å². The molecule has 2 nitrogen and oxygen atoms in total. The first-order valence-electron chi connectivity index (χ1n) is 1.98. The Kier molecular flexibility index (Phi) is 0.601. The molecule has 0 amide bonds. The lowest BCUT2D eigenvalue weighted by Crippen LogP contribution is -2.04. The predicted molar refractivity (Wildman–Crippen MR) is 24.9 cm³/mol. The summed E-state index contributed by atoms with van der Waals surface area (Å²) in [4.78, 5) is 1.96. The number of rotatable bonds is 1. The van der Waals surface area contributed by atoms with Crippen molar-refractivity contribution in [2.45, 2.75) is 6.17 Å². The van der Waals surface area contributed by atoms with Crippen LogP contribution in [-0.4, -0.2) is 17.6 Å². The quantitative estimate of drug-likeness (QED) is 0.443. The van der Waals surface area contributed by atoms with Crippen LogP contribution in [0.1, 0.15) is 0 Å². The minimum atomic E-state index is 0.280. The van der Waals surface area contributed by atoms with Crippen molar-refractivity contribution in [3.8, 4) is 0 Å². The Morgan fingerprint density at radius 1 is 2.00 bits per heavy atom. The van der Waals surface area contributed by atoms with Crippen LogP contribution in [0.15, 0.2) is 12.8 Å². The van der Waals surface area contributed by atoms with Crippen molar-refractivity contribution in [3.05, 3.63) is 12.8 Å². The molecule has 1 fully saturated rings. The summed E-state index contributed by atoms with van der Waals surface area (Å²) in [5, 5.41) is 0.